The van der Waals surface area contributed by atoms with E-state index in [9.17, 15) is 0 Å². The molecule has 6 nitrogen and oxygen atoms in total. The summed E-state index contributed by atoms with van der Waals surface area (Å²) in [5.41, 5.74) is 2.81. The van der Waals surface area contributed by atoms with Crippen LogP contribution in [0.5, 0.6) is 5.75 Å². The van der Waals surface area contributed by atoms with Gasteiger partial charge in [-0.2, -0.15) is 0 Å². The van der Waals surface area contributed by atoms with Crippen molar-refractivity contribution in [2.75, 3.05) is 18.4 Å². The number of guanidine groups is 1. The minimum absolute atomic E-state index is 0.149. The Balaban J connectivity index is 1.50. The van der Waals surface area contributed by atoms with Crippen molar-refractivity contribution in [3.63, 3.8) is 0 Å². The van der Waals surface area contributed by atoms with Gasteiger partial charge in [0.05, 0.1) is 6.10 Å². The fraction of sp³-hybridized carbons (Fsp3) is 0.316. The fourth-order valence-electron chi connectivity index (χ4n) is 2.66. The molecule has 0 fully saturated rings. The molecule has 27 heavy (non-hydrogen) atoms. The SMILES string of the molecule is CC(C)Oc1cccc(-c2nc(-c3csc(NC4=NCCCN4)n3)cs2)c1. The first kappa shape index (κ1) is 17.9. The number of aromatic nitrogens is 2. The van der Waals surface area contributed by atoms with Crippen molar-refractivity contribution < 1.29 is 4.74 Å². The molecule has 1 aromatic carbocycles. The van der Waals surface area contributed by atoms with Gasteiger partial charge in [0.15, 0.2) is 11.1 Å². The van der Waals surface area contributed by atoms with Gasteiger partial charge in [0, 0.05) is 29.4 Å². The van der Waals surface area contributed by atoms with E-state index in [0.29, 0.717) is 0 Å². The number of hydrogen-bond acceptors (Lipinski definition) is 8. The molecule has 0 atom stereocenters. The predicted octanol–water partition coefficient (Wildman–Crippen LogP) is 4.48. The standard InChI is InChI=1S/C19H21N5OS2/c1-12(2)25-14-6-3-5-13(9-14)17-22-15(10-26-17)16-11-27-19(23-16)24-18-20-7-4-8-21-18/h3,5-6,9-12H,4,7-8H2,1-2H3,(H2,20,21,23,24). The molecule has 2 N–H and O–H groups in total. The molecule has 3 aromatic rings. The van der Waals surface area contributed by atoms with Crippen molar-refractivity contribution in [3.8, 4) is 27.7 Å². The van der Waals surface area contributed by atoms with Crippen LogP contribution in [0, 0.1) is 0 Å². The van der Waals surface area contributed by atoms with Crippen molar-refractivity contribution in [2.24, 2.45) is 4.99 Å². The number of hydrogen-bond donors (Lipinski definition) is 2. The number of nitrogens with zero attached hydrogens (tertiary/aromatic N) is 3. The Kier molecular flexibility index (Phi) is 5.35. The van der Waals surface area contributed by atoms with Gasteiger partial charge in [-0.3, -0.25) is 4.99 Å². The molecule has 3 heterocycles. The van der Waals surface area contributed by atoms with E-state index in [1.165, 1.54) is 0 Å². The summed E-state index contributed by atoms with van der Waals surface area (Å²) >= 11 is 3.17. The number of thiazole rings is 2. The largest absolute Gasteiger partial charge is 0.491 e. The lowest BCUT2D eigenvalue weighted by molar-refractivity contribution is 0.242. The van der Waals surface area contributed by atoms with Crippen LogP contribution in [0.4, 0.5) is 5.13 Å². The molecule has 1 aliphatic rings. The first-order valence-corrected chi connectivity index (χ1v) is 10.7. The van der Waals surface area contributed by atoms with Gasteiger partial charge in [0.25, 0.3) is 0 Å². The lowest BCUT2D eigenvalue weighted by Crippen LogP contribution is -2.35. The molecule has 8 heteroatoms. The van der Waals surface area contributed by atoms with Gasteiger partial charge in [-0.1, -0.05) is 12.1 Å². The van der Waals surface area contributed by atoms with Crippen LogP contribution in [0.2, 0.25) is 0 Å². The maximum atomic E-state index is 5.78. The van der Waals surface area contributed by atoms with Gasteiger partial charge in [-0.05, 0) is 32.4 Å². The molecule has 140 valence electrons. The number of nitrogens with one attached hydrogen (secondary N) is 2. The summed E-state index contributed by atoms with van der Waals surface area (Å²) in [5.74, 6) is 1.66. The van der Waals surface area contributed by atoms with E-state index in [1.807, 2.05) is 42.8 Å². The van der Waals surface area contributed by atoms with E-state index in [0.717, 1.165) is 58.3 Å². The van der Waals surface area contributed by atoms with E-state index in [4.69, 9.17) is 9.72 Å². The molecule has 0 aliphatic carbocycles. The van der Waals surface area contributed by atoms with Gasteiger partial charge >= 0.3 is 0 Å². The van der Waals surface area contributed by atoms with Crippen molar-refractivity contribution in [3.05, 3.63) is 35.0 Å². The number of aliphatic imine (C=N–C) groups is 1. The second-order valence-electron chi connectivity index (χ2n) is 6.41. The van der Waals surface area contributed by atoms with Crippen molar-refractivity contribution in [2.45, 2.75) is 26.4 Å². The molecule has 2 aromatic heterocycles. The fourth-order valence-corrected chi connectivity index (χ4v) is 4.18. The molecular weight excluding hydrogens is 378 g/mol. The smallest absolute Gasteiger partial charge is 0.197 e. The molecule has 0 spiro atoms. The van der Waals surface area contributed by atoms with Crippen LogP contribution in [-0.4, -0.2) is 35.1 Å². The molecule has 0 amide bonds. The monoisotopic (exact) mass is 399 g/mol. The molecule has 0 radical (unpaired) electrons. The summed E-state index contributed by atoms with van der Waals surface area (Å²) in [5, 5.41) is 12.3. The van der Waals surface area contributed by atoms with Gasteiger partial charge in [-0.15, -0.1) is 22.7 Å². The third-order valence-corrected chi connectivity index (χ3v) is 5.50. The third kappa shape index (κ3) is 4.45. The number of benzene rings is 1. The summed E-state index contributed by atoms with van der Waals surface area (Å²) in [6.07, 6.45) is 1.22. The Bertz CT molecular complexity index is 947. The second kappa shape index (κ2) is 8.06. The van der Waals surface area contributed by atoms with Crippen molar-refractivity contribution >= 4 is 33.8 Å². The minimum Gasteiger partial charge on any atom is -0.491 e. The zero-order chi connectivity index (χ0) is 18.6. The summed E-state index contributed by atoms with van der Waals surface area (Å²) < 4.78 is 5.78. The van der Waals surface area contributed by atoms with Crippen LogP contribution < -0.4 is 15.4 Å². The van der Waals surface area contributed by atoms with Crippen LogP contribution >= 0.6 is 22.7 Å². The van der Waals surface area contributed by atoms with Crippen LogP contribution in [0.3, 0.4) is 0 Å². The Labute approximate surface area is 166 Å². The van der Waals surface area contributed by atoms with Gasteiger partial charge in [0.1, 0.15) is 22.1 Å². The Hall–Kier alpha value is -2.45. The van der Waals surface area contributed by atoms with E-state index < -0.39 is 0 Å². The van der Waals surface area contributed by atoms with E-state index >= 15 is 0 Å². The molecular formula is C19H21N5OS2. The van der Waals surface area contributed by atoms with Crippen molar-refractivity contribution in [1.29, 1.82) is 0 Å². The Morgan fingerprint density at radius 2 is 2.00 bits per heavy atom. The van der Waals surface area contributed by atoms with Crippen LogP contribution in [0.25, 0.3) is 22.0 Å². The first-order valence-electron chi connectivity index (χ1n) is 8.91. The molecule has 0 saturated carbocycles. The molecule has 1 aliphatic heterocycles. The van der Waals surface area contributed by atoms with Gasteiger partial charge in [-0.25, -0.2) is 9.97 Å². The molecule has 0 bridgehead atoms. The van der Waals surface area contributed by atoms with Crippen LogP contribution in [0.1, 0.15) is 20.3 Å². The summed E-state index contributed by atoms with van der Waals surface area (Å²) in [6, 6.07) is 8.05. The predicted molar refractivity (Wildman–Crippen MR) is 113 cm³/mol. The average molecular weight is 400 g/mol. The normalized spacial score (nSPS) is 14.0. The van der Waals surface area contributed by atoms with Gasteiger partial charge < -0.3 is 15.4 Å². The molecule has 0 saturated heterocycles. The van der Waals surface area contributed by atoms with E-state index in [-0.39, 0.29) is 6.10 Å². The minimum atomic E-state index is 0.149. The Morgan fingerprint density at radius 1 is 1.15 bits per heavy atom. The number of rotatable bonds is 5. The highest BCUT2D eigenvalue weighted by Gasteiger charge is 2.12. The number of ether oxygens (including phenoxy) is 1. The maximum Gasteiger partial charge on any atom is 0.197 e. The second-order valence-corrected chi connectivity index (χ2v) is 8.12. The number of anilines is 1. The molecule has 4 rings (SSSR count). The topological polar surface area (TPSA) is 71.4 Å². The highest BCUT2D eigenvalue weighted by atomic mass is 32.1. The highest BCUT2D eigenvalue weighted by Crippen LogP contribution is 2.32. The first-order chi connectivity index (χ1) is 13.2. The van der Waals surface area contributed by atoms with E-state index in [1.54, 1.807) is 22.7 Å². The molecule has 0 unspecified atom stereocenters. The van der Waals surface area contributed by atoms with Crippen molar-refractivity contribution in [1.82, 2.24) is 15.3 Å². The lowest BCUT2D eigenvalue weighted by atomic mass is 10.2. The van der Waals surface area contributed by atoms with Crippen LogP contribution in [0.15, 0.2) is 40.0 Å². The van der Waals surface area contributed by atoms with E-state index in [2.05, 4.69) is 26.7 Å². The summed E-state index contributed by atoms with van der Waals surface area (Å²) in [7, 11) is 0. The van der Waals surface area contributed by atoms with Gasteiger partial charge in [0.2, 0.25) is 0 Å². The maximum absolute atomic E-state index is 5.78. The van der Waals surface area contributed by atoms with Crippen LogP contribution in [-0.2, 0) is 0 Å². The Morgan fingerprint density at radius 3 is 2.81 bits per heavy atom. The highest BCUT2D eigenvalue weighted by molar-refractivity contribution is 7.14. The third-order valence-electron chi connectivity index (χ3n) is 3.85. The quantitative estimate of drug-likeness (QED) is 0.662. The zero-order valence-electron chi connectivity index (χ0n) is 15.2. The summed E-state index contributed by atoms with van der Waals surface area (Å²) in [6.45, 7) is 5.84. The summed E-state index contributed by atoms with van der Waals surface area (Å²) in [4.78, 5) is 13.8. The average Bonchev–Trinajstić information content (AvgIpc) is 3.32. The lowest BCUT2D eigenvalue weighted by Gasteiger charge is -2.13. The zero-order valence-corrected chi connectivity index (χ0v) is 16.9.